The summed E-state index contributed by atoms with van der Waals surface area (Å²) in [7, 11) is 2.04. The van der Waals surface area contributed by atoms with Gasteiger partial charge in [-0.2, -0.15) is 0 Å². The number of rotatable bonds is 6. The van der Waals surface area contributed by atoms with Crippen molar-refractivity contribution in [1.82, 2.24) is 14.9 Å². The van der Waals surface area contributed by atoms with E-state index in [-0.39, 0.29) is 12.6 Å². The van der Waals surface area contributed by atoms with Crippen LogP contribution < -0.4 is 10.6 Å². The number of aliphatic hydroxyl groups excluding tert-OH is 1. The Hall–Kier alpha value is -1.05. The second-order valence-corrected chi connectivity index (χ2v) is 6.46. The number of nitrogens with two attached hydrogens (primary N) is 1. The summed E-state index contributed by atoms with van der Waals surface area (Å²) in [5.74, 6) is 2.40. The Labute approximate surface area is 130 Å². The van der Waals surface area contributed by atoms with Crippen molar-refractivity contribution >= 4 is 23.4 Å². The zero-order valence-electron chi connectivity index (χ0n) is 12.8. The number of nitrogen functional groups attached to an aromatic ring is 1. The highest BCUT2D eigenvalue weighted by atomic mass is 32.2. The molecule has 2 heterocycles. The van der Waals surface area contributed by atoms with Crippen LogP contribution in [0.2, 0.25) is 0 Å². The first-order chi connectivity index (χ1) is 10.1. The predicted octanol–water partition coefficient (Wildman–Crippen LogP) is 1.06. The molecule has 1 atom stereocenters. The summed E-state index contributed by atoms with van der Waals surface area (Å²) < 4.78 is 0. The van der Waals surface area contributed by atoms with E-state index in [1.807, 2.05) is 13.1 Å². The molecule has 6 nitrogen and oxygen atoms in total. The first kappa shape index (κ1) is 16.3. The molecule has 0 unspecified atom stereocenters. The number of thioether (sulfide) groups is 1. The van der Waals surface area contributed by atoms with Gasteiger partial charge >= 0.3 is 0 Å². The second-order valence-electron chi connectivity index (χ2n) is 5.40. The molecule has 21 heavy (non-hydrogen) atoms. The van der Waals surface area contributed by atoms with E-state index >= 15 is 0 Å². The van der Waals surface area contributed by atoms with Crippen molar-refractivity contribution in [2.45, 2.75) is 31.0 Å². The molecule has 0 spiro atoms. The minimum atomic E-state index is 0.145. The number of piperazine rings is 1. The van der Waals surface area contributed by atoms with Gasteiger partial charge in [-0.3, -0.25) is 4.90 Å². The van der Waals surface area contributed by atoms with E-state index in [4.69, 9.17) is 5.73 Å². The van der Waals surface area contributed by atoms with Crippen LogP contribution in [0.3, 0.4) is 0 Å². The van der Waals surface area contributed by atoms with E-state index in [9.17, 15) is 5.11 Å². The molecule has 1 aliphatic heterocycles. The average molecular weight is 311 g/mol. The molecule has 7 heteroatoms. The Morgan fingerprint density at radius 3 is 2.95 bits per heavy atom. The second kappa shape index (κ2) is 7.82. The molecule has 0 aromatic carbocycles. The van der Waals surface area contributed by atoms with Crippen LogP contribution in [-0.2, 0) is 0 Å². The summed E-state index contributed by atoms with van der Waals surface area (Å²) in [5.41, 5.74) is 5.91. The highest BCUT2D eigenvalue weighted by Gasteiger charge is 2.25. The average Bonchev–Trinajstić information content (AvgIpc) is 2.47. The van der Waals surface area contributed by atoms with Gasteiger partial charge in [0.05, 0.1) is 12.6 Å². The van der Waals surface area contributed by atoms with Crippen molar-refractivity contribution in [1.29, 1.82) is 0 Å². The molecule has 1 aromatic rings. The van der Waals surface area contributed by atoms with Crippen molar-refractivity contribution in [3.8, 4) is 0 Å². The smallest absolute Gasteiger partial charge is 0.191 e. The Bertz CT molecular complexity index is 459. The Kier molecular flexibility index (Phi) is 6.08. The van der Waals surface area contributed by atoms with E-state index in [0.29, 0.717) is 5.82 Å². The van der Waals surface area contributed by atoms with Gasteiger partial charge in [0.25, 0.3) is 0 Å². The molecule has 0 saturated carbocycles. The van der Waals surface area contributed by atoms with Crippen LogP contribution in [0.1, 0.15) is 19.8 Å². The van der Waals surface area contributed by atoms with Gasteiger partial charge in [0.1, 0.15) is 11.6 Å². The van der Waals surface area contributed by atoms with Gasteiger partial charge in [-0.25, -0.2) is 9.97 Å². The van der Waals surface area contributed by atoms with Crippen molar-refractivity contribution in [2.24, 2.45) is 0 Å². The fraction of sp³-hybridized carbons (Fsp3) is 0.714. The molecule has 0 radical (unpaired) electrons. The fourth-order valence-corrected chi connectivity index (χ4v) is 3.26. The molecule has 0 aliphatic carbocycles. The van der Waals surface area contributed by atoms with Gasteiger partial charge in [-0.05, 0) is 13.5 Å². The molecular weight excluding hydrogens is 286 g/mol. The minimum absolute atomic E-state index is 0.145. The number of hydrogen-bond donors (Lipinski definition) is 2. The molecule has 118 valence electrons. The highest BCUT2D eigenvalue weighted by molar-refractivity contribution is 7.99. The van der Waals surface area contributed by atoms with Crippen LogP contribution in [0.5, 0.6) is 0 Å². The molecule has 1 aromatic heterocycles. The normalized spacial score (nSPS) is 20.0. The number of unbranched alkanes of at least 4 members (excludes halogenated alkanes) is 1. The Balaban J connectivity index is 2.08. The quantitative estimate of drug-likeness (QED) is 0.462. The number of aromatic nitrogens is 2. The van der Waals surface area contributed by atoms with Gasteiger partial charge in [-0.1, -0.05) is 25.1 Å². The molecule has 0 amide bonds. The summed E-state index contributed by atoms with van der Waals surface area (Å²) in [6.07, 6.45) is 2.32. The molecular formula is C14H25N5OS. The van der Waals surface area contributed by atoms with E-state index in [1.165, 1.54) is 6.42 Å². The molecule has 1 saturated heterocycles. The van der Waals surface area contributed by atoms with Crippen molar-refractivity contribution in [2.75, 3.05) is 49.7 Å². The standard InChI is InChI=1S/C14H25N5OS/c1-3-4-7-21-14-16-12(15)8-13(17-14)19-6-5-18(2)11(9-19)10-20/h8,11,20H,3-7,9-10H2,1-2H3,(H2,15,16,17)/t11-/m0/s1. The third kappa shape index (κ3) is 4.46. The SMILES string of the molecule is CCCCSc1nc(N)cc(N2CCN(C)[C@H](CO)C2)n1. The van der Waals surface area contributed by atoms with E-state index in [1.54, 1.807) is 11.8 Å². The van der Waals surface area contributed by atoms with Gasteiger partial charge in [-0.15, -0.1) is 0 Å². The lowest BCUT2D eigenvalue weighted by atomic mass is 10.2. The van der Waals surface area contributed by atoms with Crippen LogP contribution in [0.25, 0.3) is 0 Å². The maximum atomic E-state index is 9.45. The van der Waals surface area contributed by atoms with E-state index < -0.39 is 0 Å². The number of hydrogen-bond acceptors (Lipinski definition) is 7. The van der Waals surface area contributed by atoms with Crippen LogP contribution in [0.15, 0.2) is 11.2 Å². The van der Waals surface area contributed by atoms with Gasteiger partial charge in [0, 0.05) is 31.5 Å². The van der Waals surface area contributed by atoms with Crippen LogP contribution in [-0.4, -0.2) is 65.1 Å². The Morgan fingerprint density at radius 1 is 1.43 bits per heavy atom. The van der Waals surface area contributed by atoms with Crippen LogP contribution in [0, 0.1) is 0 Å². The number of likely N-dealkylation sites (N-methyl/N-ethyl adjacent to an activating group) is 1. The summed E-state index contributed by atoms with van der Waals surface area (Å²) >= 11 is 1.66. The minimum Gasteiger partial charge on any atom is -0.395 e. The molecule has 3 N–H and O–H groups in total. The fourth-order valence-electron chi connectivity index (χ4n) is 2.32. The summed E-state index contributed by atoms with van der Waals surface area (Å²) in [6, 6.07) is 1.97. The maximum Gasteiger partial charge on any atom is 0.191 e. The van der Waals surface area contributed by atoms with Gasteiger partial charge in [0.15, 0.2) is 5.16 Å². The van der Waals surface area contributed by atoms with E-state index in [2.05, 4.69) is 26.7 Å². The topological polar surface area (TPSA) is 78.5 Å². The third-order valence-electron chi connectivity index (χ3n) is 3.75. The lowest BCUT2D eigenvalue weighted by molar-refractivity contribution is 0.135. The summed E-state index contributed by atoms with van der Waals surface area (Å²) in [4.78, 5) is 13.3. The lowest BCUT2D eigenvalue weighted by Gasteiger charge is -2.39. The number of nitrogens with zero attached hydrogens (tertiary/aromatic N) is 4. The van der Waals surface area contributed by atoms with Crippen molar-refractivity contribution in [3.05, 3.63) is 6.07 Å². The summed E-state index contributed by atoms with van der Waals surface area (Å²) in [6.45, 7) is 4.90. The largest absolute Gasteiger partial charge is 0.395 e. The lowest BCUT2D eigenvalue weighted by Crippen LogP contribution is -2.53. The highest BCUT2D eigenvalue weighted by Crippen LogP contribution is 2.23. The molecule has 0 bridgehead atoms. The monoisotopic (exact) mass is 311 g/mol. The zero-order chi connectivity index (χ0) is 15.2. The molecule has 1 aliphatic rings. The van der Waals surface area contributed by atoms with Crippen molar-refractivity contribution in [3.63, 3.8) is 0 Å². The first-order valence-electron chi connectivity index (χ1n) is 7.47. The number of anilines is 2. The molecule has 2 rings (SSSR count). The third-order valence-corrected chi connectivity index (χ3v) is 4.69. The summed E-state index contributed by atoms with van der Waals surface area (Å²) in [5, 5.41) is 10.2. The number of aliphatic hydroxyl groups is 1. The first-order valence-corrected chi connectivity index (χ1v) is 8.46. The van der Waals surface area contributed by atoms with Gasteiger partial charge < -0.3 is 15.7 Å². The van der Waals surface area contributed by atoms with Crippen LogP contribution >= 0.6 is 11.8 Å². The Morgan fingerprint density at radius 2 is 2.24 bits per heavy atom. The van der Waals surface area contributed by atoms with Gasteiger partial charge in [0.2, 0.25) is 0 Å². The van der Waals surface area contributed by atoms with Crippen molar-refractivity contribution < 1.29 is 5.11 Å². The predicted molar refractivity (Wildman–Crippen MR) is 87.8 cm³/mol. The molecule has 1 fully saturated rings. The maximum absolute atomic E-state index is 9.45. The van der Waals surface area contributed by atoms with E-state index in [0.717, 1.165) is 42.8 Å². The zero-order valence-corrected chi connectivity index (χ0v) is 13.6. The van der Waals surface area contributed by atoms with Crippen LogP contribution in [0.4, 0.5) is 11.6 Å².